The van der Waals surface area contributed by atoms with Gasteiger partial charge in [0.15, 0.2) is 0 Å². The van der Waals surface area contributed by atoms with E-state index in [4.69, 9.17) is 9.47 Å². The van der Waals surface area contributed by atoms with E-state index in [0.29, 0.717) is 46.7 Å². The molecule has 1 heterocycles. The van der Waals surface area contributed by atoms with E-state index in [9.17, 15) is 9.90 Å². The van der Waals surface area contributed by atoms with Crippen molar-refractivity contribution in [1.29, 1.82) is 0 Å². The quantitative estimate of drug-likeness (QED) is 0.408. The third kappa shape index (κ3) is 4.21. The van der Waals surface area contributed by atoms with E-state index in [1.807, 2.05) is 44.2 Å². The SMILES string of the molecule is CCOc1ccc(N=Cc2c(O)n(-c3ccc(OCC)cc3)c(=O)c3ccccc23)cc1. The minimum atomic E-state index is -0.305. The summed E-state index contributed by atoms with van der Waals surface area (Å²) in [5.41, 5.74) is 1.40. The fraction of sp³-hybridized carbons (Fsp3) is 0.154. The molecule has 0 spiro atoms. The highest BCUT2D eigenvalue weighted by molar-refractivity contribution is 6.02. The van der Waals surface area contributed by atoms with E-state index >= 15 is 0 Å². The highest BCUT2D eigenvalue weighted by Gasteiger charge is 2.16. The van der Waals surface area contributed by atoms with Crippen molar-refractivity contribution >= 4 is 22.7 Å². The van der Waals surface area contributed by atoms with Gasteiger partial charge >= 0.3 is 0 Å². The van der Waals surface area contributed by atoms with Gasteiger partial charge < -0.3 is 14.6 Å². The number of aromatic hydroxyl groups is 1. The number of aromatic nitrogens is 1. The molecule has 4 rings (SSSR count). The Morgan fingerprint density at radius 2 is 1.41 bits per heavy atom. The summed E-state index contributed by atoms with van der Waals surface area (Å²) in [6.45, 7) is 4.98. The molecule has 6 nitrogen and oxygen atoms in total. The molecule has 4 aromatic rings. The lowest BCUT2D eigenvalue weighted by Gasteiger charge is -2.14. The number of rotatable bonds is 7. The van der Waals surface area contributed by atoms with Crippen LogP contribution in [0, 0.1) is 0 Å². The lowest BCUT2D eigenvalue weighted by Crippen LogP contribution is -2.20. The third-order valence-corrected chi connectivity index (χ3v) is 5.00. The second-order valence-corrected chi connectivity index (χ2v) is 7.04. The van der Waals surface area contributed by atoms with Gasteiger partial charge in [0, 0.05) is 17.0 Å². The maximum absolute atomic E-state index is 13.2. The molecule has 3 aromatic carbocycles. The Morgan fingerprint density at radius 1 is 0.844 bits per heavy atom. The van der Waals surface area contributed by atoms with Crippen molar-refractivity contribution in [3.05, 3.63) is 88.7 Å². The predicted molar refractivity (Wildman–Crippen MR) is 127 cm³/mol. The highest BCUT2D eigenvalue weighted by Crippen LogP contribution is 2.27. The Bertz CT molecular complexity index is 1310. The Hall–Kier alpha value is -4.06. The molecule has 1 aromatic heterocycles. The summed E-state index contributed by atoms with van der Waals surface area (Å²) in [7, 11) is 0. The summed E-state index contributed by atoms with van der Waals surface area (Å²) in [4.78, 5) is 17.7. The number of benzene rings is 3. The number of hydrogen-bond acceptors (Lipinski definition) is 5. The molecule has 1 N–H and O–H groups in total. The van der Waals surface area contributed by atoms with Crippen molar-refractivity contribution in [3.63, 3.8) is 0 Å². The molecule has 6 heteroatoms. The summed E-state index contributed by atoms with van der Waals surface area (Å²) >= 11 is 0. The topological polar surface area (TPSA) is 73.1 Å². The molecule has 0 aliphatic rings. The average Bonchev–Trinajstić information content (AvgIpc) is 2.81. The molecule has 0 radical (unpaired) electrons. The van der Waals surface area contributed by atoms with Crippen LogP contribution < -0.4 is 15.0 Å². The van der Waals surface area contributed by atoms with Crippen LogP contribution in [-0.4, -0.2) is 29.1 Å². The Labute approximate surface area is 186 Å². The minimum absolute atomic E-state index is 0.174. The largest absolute Gasteiger partial charge is 0.494 e. The fourth-order valence-corrected chi connectivity index (χ4v) is 3.52. The molecule has 32 heavy (non-hydrogen) atoms. The van der Waals surface area contributed by atoms with Crippen LogP contribution >= 0.6 is 0 Å². The van der Waals surface area contributed by atoms with Crippen LogP contribution in [0.3, 0.4) is 0 Å². The van der Waals surface area contributed by atoms with Gasteiger partial charge in [0.1, 0.15) is 11.5 Å². The van der Waals surface area contributed by atoms with E-state index < -0.39 is 0 Å². The lowest BCUT2D eigenvalue weighted by atomic mass is 10.1. The summed E-state index contributed by atoms with van der Waals surface area (Å²) < 4.78 is 12.2. The van der Waals surface area contributed by atoms with E-state index in [0.717, 1.165) is 5.75 Å². The molecular formula is C26H24N2O4. The number of aliphatic imine (C=N–C) groups is 1. The van der Waals surface area contributed by atoms with Gasteiger partial charge in [-0.25, -0.2) is 4.57 Å². The molecule has 0 aliphatic heterocycles. The zero-order valence-corrected chi connectivity index (χ0v) is 18.0. The molecule has 0 atom stereocenters. The van der Waals surface area contributed by atoms with Crippen molar-refractivity contribution in [3.8, 4) is 23.1 Å². The molecule has 0 bridgehead atoms. The first-order valence-electron chi connectivity index (χ1n) is 10.5. The molecule has 0 fully saturated rings. The van der Waals surface area contributed by atoms with E-state index in [-0.39, 0.29) is 11.4 Å². The first-order chi connectivity index (χ1) is 15.6. The number of nitrogens with zero attached hydrogens (tertiary/aromatic N) is 2. The zero-order chi connectivity index (χ0) is 22.5. The fourth-order valence-electron chi connectivity index (χ4n) is 3.52. The Balaban J connectivity index is 1.82. The van der Waals surface area contributed by atoms with E-state index in [1.54, 1.807) is 48.7 Å². The van der Waals surface area contributed by atoms with Crippen LogP contribution in [-0.2, 0) is 0 Å². The molecule has 0 unspecified atom stereocenters. The minimum Gasteiger partial charge on any atom is -0.494 e. The van der Waals surface area contributed by atoms with Crippen LogP contribution in [0.5, 0.6) is 17.4 Å². The third-order valence-electron chi connectivity index (χ3n) is 5.00. The molecule has 162 valence electrons. The van der Waals surface area contributed by atoms with Gasteiger partial charge in [-0.2, -0.15) is 0 Å². The normalized spacial score (nSPS) is 11.2. The summed E-state index contributed by atoms with van der Waals surface area (Å²) in [6.07, 6.45) is 1.58. The van der Waals surface area contributed by atoms with Gasteiger partial charge in [0.25, 0.3) is 5.56 Å². The van der Waals surface area contributed by atoms with Crippen molar-refractivity contribution in [1.82, 2.24) is 4.57 Å². The molecule has 0 saturated carbocycles. The maximum Gasteiger partial charge on any atom is 0.265 e. The van der Waals surface area contributed by atoms with Crippen molar-refractivity contribution in [2.75, 3.05) is 13.2 Å². The molecule has 0 saturated heterocycles. The van der Waals surface area contributed by atoms with Crippen molar-refractivity contribution in [2.45, 2.75) is 13.8 Å². The summed E-state index contributed by atoms with van der Waals surface area (Å²) in [5.74, 6) is 1.29. The second-order valence-electron chi connectivity index (χ2n) is 7.04. The van der Waals surface area contributed by atoms with Gasteiger partial charge in [-0.05, 0) is 68.4 Å². The second kappa shape index (κ2) is 9.39. The van der Waals surface area contributed by atoms with Gasteiger partial charge in [-0.1, -0.05) is 18.2 Å². The van der Waals surface area contributed by atoms with Gasteiger partial charge in [-0.3, -0.25) is 9.79 Å². The molecular weight excluding hydrogens is 404 g/mol. The zero-order valence-electron chi connectivity index (χ0n) is 18.0. The van der Waals surface area contributed by atoms with Crippen molar-refractivity contribution in [2.24, 2.45) is 4.99 Å². The number of ether oxygens (including phenoxy) is 2. The Kier molecular flexibility index (Phi) is 6.22. The van der Waals surface area contributed by atoms with Crippen LogP contribution in [0.1, 0.15) is 19.4 Å². The highest BCUT2D eigenvalue weighted by atomic mass is 16.5. The number of fused-ring (bicyclic) bond motifs is 1. The average molecular weight is 428 g/mol. The smallest absolute Gasteiger partial charge is 0.265 e. The number of pyridine rings is 1. The van der Waals surface area contributed by atoms with Gasteiger partial charge in [-0.15, -0.1) is 0 Å². The van der Waals surface area contributed by atoms with Crippen LogP contribution in [0.25, 0.3) is 16.5 Å². The van der Waals surface area contributed by atoms with Gasteiger partial charge in [0.2, 0.25) is 5.88 Å². The van der Waals surface area contributed by atoms with Crippen LogP contribution in [0.2, 0.25) is 0 Å². The summed E-state index contributed by atoms with van der Waals surface area (Å²) in [5, 5.41) is 12.2. The summed E-state index contributed by atoms with van der Waals surface area (Å²) in [6, 6.07) is 21.6. The lowest BCUT2D eigenvalue weighted by molar-refractivity contribution is 0.340. The standard InChI is InChI=1S/C26H24N2O4/c1-3-31-20-13-9-18(10-14-20)27-17-24-22-7-5-6-8-23(22)25(29)28(26(24)30)19-11-15-21(16-12-19)32-4-2/h5-17,30H,3-4H2,1-2H3. The van der Waals surface area contributed by atoms with Crippen LogP contribution in [0.15, 0.2) is 82.6 Å². The van der Waals surface area contributed by atoms with Crippen molar-refractivity contribution < 1.29 is 14.6 Å². The monoisotopic (exact) mass is 428 g/mol. The first kappa shape index (κ1) is 21.2. The first-order valence-corrected chi connectivity index (χ1v) is 10.5. The van der Waals surface area contributed by atoms with Gasteiger partial charge in [0.05, 0.1) is 30.2 Å². The molecule has 0 amide bonds. The maximum atomic E-state index is 13.2. The van der Waals surface area contributed by atoms with E-state index in [2.05, 4.69) is 4.99 Å². The number of hydrogen-bond donors (Lipinski definition) is 1. The predicted octanol–water partition coefficient (Wildman–Crippen LogP) is 5.24. The van der Waals surface area contributed by atoms with E-state index in [1.165, 1.54) is 4.57 Å². The molecule has 0 aliphatic carbocycles. The van der Waals surface area contributed by atoms with Crippen LogP contribution in [0.4, 0.5) is 5.69 Å². The Morgan fingerprint density at radius 3 is 2.00 bits per heavy atom.